The smallest absolute Gasteiger partial charge is 0.159 e. The molecular formula is C21H23N3O. The van der Waals surface area contributed by atoms with Crippen LogP contribution in [0.15, 0.2) is 48.5 Å². The van der Waals surface area contributed by atoms with Crippen molar-refractivity contribution < 1.29 is 4.74 Å². The van der Waals surface area contributed by atoms with Crippen molar-refractivity contribution >= 4 is 16.6 Å². The third-order valence-electron chi connectivity index (χ3n) is 4.71. The van der Waals surface area contributed by atoms with Gasteiger partial charge in [0, 0.05) is 29.4 Å². The van der Waals surface area contributed by atoms with Gasteiger partial charge in [-0.05, 0) is 20.8 Å². The maximum absolute atomic E-state index is 5.86. The maximum atomic E-state index is 5.86. The molecule has 1 fully saturated rings. The summed E-state index contributed by atoms with van der Waals surface area (Å²) in [6.07, 6.45) is 0.391. The number of hydrogen-bond acceptors (Lipinski definition) is 4. The molecule has 128 valence electrons. The van der Waals surface area contributed by atoms with E-state index in [4.69, 9.17) is 4.74 Å². The quantitative estimate of drug-likeness (QED) is 0.704. The van der Waals surface area contributed by atoms with Crippen LogP contribution in [0.5, 0.6) is 0 Å². The Morgan fingerprint density at radius 2 is 1.52 bits per heavy atom. The van der Waals surface area contributed by atoms with Gasteiger partial charge in [-0.15, -0.1) is 10.2 Å². The van der Waals surface area contributed by atoms with E-state index in [1.54, 1.807) is 0 Å². The fourth-order valence-corrected chi connectivity index (χ4v) is 3.60. The first kappa shape index (κ1) is 16.0. The Morgan fingerprint density at radius 3 is 2.20 bits per heavy atom. The van der Waals surface area contributed by atoms with Crippen LogP contribution in [0.3, 0.4) is 0 Å². The SMILES string of the molecule is Cc1ccc(-c2nnc(N3C[C@@H](C)O[C@@H](C)C3)c3ccccc23)cc1. The molecule has 0 unspecified atom stereocenters. The molecule has 1 aromatic heterocycles. The van der Waals surface area contributed by atoms with Crippen molar-refractivity contribution in [2.75, 3.05) is 18.0 Å². The minimum absolute atomic E-state index is 0.195. The van der Waals surface area contributed by atoms with Crippen LogP contribution in [-0.4, -0.2) is 35.5 Å². The molecule has 25 heavy (non-hydrogen) atoms. The molecule has 0 aliphatic carbocycles. The van der Waals surface area contributed by atoms with Gasteiger partial charge in [-0.1, -0.05) is 54.1 Å². The monoisotopic (exact) mass is 333 g/mol. The van der Waals surface area contributed by atoms with Crippen LogP contribution >= 0.6 is 0 Å². The van der Waals surface area contributed by atoms with Crippen molar-refractivity contribution in [3.05, 3.63) is 54.1 Å². The summed E-state index contributed by atoms with van der Waals surface area (Å²) in [4.78, 5) is 2.30. The first-order valence-corrected chi connectivity index (χ1v) is 8.84. The highest BCUT2D eigenvalue weighted by molar-refractivity contribution is 6.00. The highest BCUT2D eigenvalue weighted by Gasteiger charge is 2.25. The Bertz CT molecular complexity index is 881. The molecular weight excluding hydrogens is 310 g/mol. The largest absolute Gasteiger partial charge is 0.372 e. The molecule has 0 radical (unpaired) electrons. The third-order valence-corrected chi connectivity index (χ3v) is 4.71. The van der Waals surface area contributed by atoms with Gasteiger partial charge in [-0.2, -0.15) is 0 Å². The average molecular weight is 333 g/mol. The van der Waals surface area contributed by atoms with E-state index in [2.05, 4.69) is 84.4 Å². The minimum Gasteiger partial charge on any atom is -0.372 e. The molecule has 0 saturated carbocycles. The van der Waals surface area contributed by atoms with Crippen molar-refractivity contribution in [3.8, 4) is 11.3 Å². The van der Waals surface area contributed by atoms with E-state index in [-0.39, 0.29) is 12.2 Å². The second kappa shape index (κ2) is 6.45. The number of aromatic nitrogens is 2. The van der Waals surface area contributed by atoms with E-state index in [1.807, 2.05) is 0 Å². The van der Waals surface area contributed by atoms with Gasteiger partial charge in [0.05, 0.1) is 12.2 Å². The van der Waals surface area contributed by atoms with E-state index < -0.39 is 0 Å². The lowest BCUT2D eigenvalue weighted by Crippen LogP contribution is -2.46. The third kappa shape index (κ3) is 3.10. The van der Waals surface area contributed by atoms with E-state index in [0.717, 1.165) is 40.9 Å². The predicted molar refractivity (Wildman–Crippen MR) is 102 cm³/mol. The van der Waals surface area contributed by atoms with Gasteiger partial charge in [0.15, 0.2) is 5.82 Å². The fourth-order valence-electron chi connectivity index (χ4n) is 3.60. The van der Waals surface area contributed by atoms with Crippen molar-refractivity contribution in [1.29, 1.82) is 0 Å². The first-order chi connectivity index (χ1) is 12.1. The summed E-state index contributed by atoms with van der Waals surface area (Å²) < 4.78 is 5.86. The summed E-state index contributed by atoms with van der Waals surface area (Å²) in [5.74, 6) is 0.952. The van der Waals surface area contributed by atoms with Crippen LogP contribution in [-0.2, 0) is 4.74 Å². The Hall–Kier alpha value is -2.46. The van der Waals surface area contributed by atoms with Gasteiger partial charge >= 0.3 is 0 Å². The highest BCUT2D eigenvalue weighted by Crippen LogP contribution is 2.32. The number of anilines is 1. The van der Waals surface area contributed by atoms with Crippen LogP contribution in [0.1, 0.15) is 19.4 Å². The minimum atomic E-state index is 0.195. The summed E-state index contributed by atoms with van der Waals surface area (Å²) in [6, 6.07) is 16.9. The molecule has 2 aromatic carbocycles. The number of rotatable bonds is 2. The van der Waals surface area contributed by atoms with E-state index >= 15 is 0 Å². The van der Waals surface area contributed by atoms with Gasteiger partial charge in [-0.3, -0.25) is 0 Å². The molecule has 4 heteroatoms. The van der Waals surface area contributed by atoms with Gasteiger partial charge < -0.3 is 9.64 Å². The average Bonchev–Trinajstić information content (AvgIpc) is 2.61. The van der Waals surface area contributed by atoms with Crippen LogP contribution in [0.4, 0.5) is 5.82 Å². The summed E-state index contributed by atoms with van der Waals surface area (Å²) >= 11 is 0. The van der Waals surface area contributed by atoms with Crippen molar-refractivity contribution in [2.45, 2.75) is 33.0 Å². The van der Waals surface area contributed by atoms with Crippen molar-refractivity contribution in [3.63, 3.8) is 0 Å². The summed E-state index contributed by atoms with van der Waals surface area (Å²) in [5, 5.41) is 11.5. The molecule has 1 aliphatic rings. The fraction of sp³-hybridized carbons (Fsp3) is 0.333. The number of nitrogens with zero attached hydrogens (tertiary/aromatic N) is 3. The zero-order valence-electron chi connectivity index (χ0n) is 14.9. The van der Waals surface area contributed by atoms with E-state index in [9.17, 15) is 0 Å². The molecule has 1 saturated heterocycles. The normalized spacial score (nSPS) is 20.8. The number of benzene rings is 2. The van der Waals surface area contributed by atoms with Gasteiger partial charge in [0.2, 0.25) is 0 Å². The number of hydrogen-bond donors (Lipinski definition) is 0. The lowest BCUT2D eigenvalue weighted by molar-refractivity contribution is -0.00540. The molecule has 0 bridgehead atoms. The second-order valence-corrected chi connectivity index (χ2v) is 6.95. The Morgan fingerprint density at radius 1 is 0.880 bits per heavy atom. The molecule has 1 aliphatic heterocycles. The maximum Gasteiger partial charge on any atom is 0.159 e. The van der Waals surface area contributed by atoms with Crippen molar-refractivity contribution in [1.82, 2.24) is 10.2 Å². The molecule has 3 aromatic rings. The van der Waals surface area contributed by atoms with Gasteiger partial charge in [0.25, 0.3) is 0 Å². The molecule has 0 N–H and O–H groups in total. The highest BCUT2D eigenvalue weighted by atomic mass is 16.5. The summed E-state index contributed by atoms with van der Waals surface area (Å²) in [6.45, 7) is 8.00. The summed E-state index contributed by atoms with van der Waals surface area (Å²) in [7, 11) is 0. The van der Waals surface area contributed by atoms with Gasteiger partial charge in [-0.25, -0.2) is 0 Å². The first-order valence-electron chi connectivity index (χ1n) is 8.84. The molecule has 4 nitrogen and oxygen atoms in total. The molecule has 0 spiro atoms. The summed E-state index contributed by atoms with van der Waals surface area (Å²) in [5.41, 5.74) is 3.28. The Labute approximate surface area is 148 Å². The van der Waals surface area contributed by atoms with Crippen molar-refractivity contribution in [2.24, 2.45) is 0 Å². The van der Waals surface area contributed by atoms with Crippen LogP contribution in [0, 0.1) is 6.92 Å². The zero-order chi connectivity index (χ0) is 17.4. The van der Waals surface area contributed by atoms with Gasteiger partial charge in [0.1, 0.15) is 5.69 Å². The number of morpholine rings is 1. The van der Waals surface area contributed by atoms with Crippen LogP contribution in [0.2, 0.25) is 0 Å². The number of aryl methyl sites for hydroxylation is 1. The predicted octanol–water partition coefficient (Wildman–Crippen LogP) is 4.22. The van der Waals surface area contributed by atoms with Crippen LogP contribution < -0.4 is 4.90 Å². The number of ether oxygens (including phenoxy) is 1. The lowest BCUT2D eigenvalue weighted by atomic mass is 10.0. The molecule has 2 atom stereocenters. The molecule has 2 heterocycles. The Balaban J connectivity index is 1.83. The lowest BCUT2D eigenvalue weighted by Gasteiger charge is -2.36. The zero-order valence-corrected chi connectivity index (χ0v) is 14.9. The van der Waals surface area contributed by atoms with E-state index in [0.29, 0.717) is 0 Å². The Kier molecular flexibility index (Phi) is 4.14. The second-order valence-electron chi connectivity index (χ2n) is 6.95. The molecule has 0 amide bonds. The number of fused-ring (bicyclic) bond motifs is 1. The standard InChI is InChI=1S/C21H23N3O/c1-14-8-10-17(11-9-14)20-18-6-4-5-7-19(18)21(23-22-20)24-12-15(2)25-16(3)13-24/h4-11,15-16H,12-13H2,1-3H3/t15-,16+. The molecule has 4 rings (SSSR count). The van der Waals surface area contributed by atoms with Crippen LogP contribution in [0.25, 0.3) is 22.0 Å². The topological polar surface area (TPSA) is 38.2 Å². The van der Waals surface area contributed by atoms with E-state index in [1.165, 1.54) is 5.56 Å².